The van der Waals surface area contributed by atoms with E-state index in [4.69, 9.17) is 17.3 Å². The average Bonchev–Trinajstić information content (AvgIpc) is 2.48. The largest absolute Gasteiger partial charge is 0.326 e. The zero-order valence-electron chi connectivity index (χ0n) is 10.6. The summed E-state index contributed by atoms with van der Waals surface area (Å²) in [6, 6.07) is 13.8. The molecule has 0 saturated carbocycles. The van der Waals surface area contributed by atoms with E-state index >= 15 is 0 Å². The number of fused-ring (bicyclic) bond motifs is 1. The monoisotopic (exact) mass is 301 g/mol. The topological polar surface area (TPSA) is 51.8 Å². The van der Waals surface area contributed by atoms with Gasteiger partial charge in [0.05, 0.1) is 5.52 Å². The van der Waals surface area contributed by atoms with Crippen LogP contribution in [-0.4, -0.2) is 9.97 Å². The molecule has 0 spiro atoms. The molecule has 0 amide bonds. The molecular weight excluding hydrogens is 290 g/mol. The summed E-state index contributed by atoms with van der Waals surface area (Å²) in [6.07, 6.45) is 1.58. The van der Waals surface area contributed by atoms with E-state index in [0.717, 1.165) is 26.4 Å². The van der Waals surface area contributed by atoms with Crippen LogP contribution in [0.2, 0.25) is 5.02 Å². The Balaban J connectivity index is 1.99. The number of halogens is 1. The van der Waals surface area contributed by atoms with Gasteiger partial charge in [0.25, 0.3) is 0 Å². The van der Waals surface area contributed by atoms with E-state index in [2.05, 4.69) is 9.97 Å². The molecule has 5 heteroatoms. The van der Waals surface area contributed by atoms with Gasteiger partial charge in [-0.1, -0.05) is 47.6 Å². The van der Waals surface area contributed by atoms with E-state index in [1.165, 1.54) is 0 Å². The van der Waals surface area contributed by atoms with Crippen molar-refractivity contribution in [2.75, 3.05) is 0 Å². The zero-order valence-corrected chi connectivity index (χ0v) is 12.2. The molecule has 0 radical (unpaired) electrons. The number of rotatable bonds is 3. The van der Waals surface area contributed by atoms with Crippen molar-refractivity contribution in [1.29, 1.82) is 0 Å². The Hall–Kier alpha value is -1.62. The molecule has 0 aliphatic rings. The van der Waals surface area contributed by atoms with Crippen molar-refractivity contribution in [3.05, 3.63) is 59.4 Å². The van der Waals surface area contributed by atoms with Gasteiger partial charge in [-0.15, -0.1) is 0 Å². The van der Waals surface area contributed by atoms with Crippen LogP contribution in [0.3, 0.4) is 0 Å². The number of nitrogens with two attached hydrogens (primary N) is 1. The van der Waals surface area contributed by atoms with E-state index < -0.39 is 0 Å². The first-order valence-electron chi connectivity index (χ1n) is 6.14. The van der Waals surface area contributed by atoms with Gasteiger partial charge in [0, 0.05) is 21.8 Å². The van der Waals surface area contributed by atoms with Gasteiger partial charge in [0.15, 0.2) is 0 Å². The summed E-state index contributed by atoms with van der Waals surface area (Å²) >= 11 is 7.76. The van der Waals surface area contributed by atoms with Crippen molar-refractivity contribution in [3.8, 4) is 0 Å². The summed E-state index contributed by atoms with van der Waals surface area (Å²) in [5.74, 6) is 0. The number of benzene rings is 2. The molecule has 0 bridgehead atoms. The lowest BCUT2D eigenvalue weighted by molar-refractivity contribution is 1.06. The van der Waals surface area contributed by atoms with Gasteiger partial charge in [0.1, 0.15) is 11.4 Å². The Kier molecular flexibility index (Phi) is 3.87. The fourth-order valence-corrected chi connectivity index (χ4v) is 3.17. The molecule has 0 aliphatic carbocycles. The average molecular weight is 302 g/mol. The third-order valence-electron chi connectivity index (χ3n) is 2.97. The molecule has 3 rings (SSSR count). The van der Waals surface area contributed by atoms with Gasteiger partial charge in [-0.05, 0) is 23.8 Å². The van der Waals surface area contributed by atoms with Crippen LogP contribution in [0.15, 0.2) is 58.7 Å². The smallest absolute Gasteiger partial charge is 0.117 e. The maximum absolute atomic E-state index is 6.19. The van der Waals surface area contributed by atoms with Crippen LogP contribution in [0.25, 0.3) is 10.9 Å². The molecule has 0 saturated heterocycles. The molecule has 2 aromatic carbocycles. The molecule has 100 valence electrons. The van der Waals surface area contributed by atoms with Gasteiger partial charge in [0.2, 0.25) is 0 Å². The molecule has 0 aliphatic heterocycles. The Morgan fingerprint density at radius 2 is 1.95 bits per heavy atom. The predicted molar refractivity (Wildman–Crippen MR) is 83.0 cm³/mol. The quantitative estimate of drug-likeness (QED) is 0.746. The van der Waals surface area contributed by atoms with E-state index in [-0.39, 0.29) is 0 Å². The van der Waals surface area contributed by atoms with Crippen LogP contribution in [0.5, 0.6) is 0 Å². The minimum atomic E-state index is 0.445. The second kappa shape index (κ2) is 5.79. The molecule has 3 aromatic rings. The first-order chi connectivity index (χ1) is 9.78. The summed E-state index contributed by atoms with van der Waals surface area (Å²) in [6.45, 7) is 0.445. The first kappa shape index (κ1) is 13.4. The second-order valence-corrected chi connectivity index (χ2v) is 5.72. The predicted octanol–water partition coefficient (Wildman–Crippen LogP) is 3.89. The van der Waals surface area contributed by atoms with Gasteiger partial charge < -0.3 is 5.73 Å². The zero-order chi connectivity index (χ0) is 13.9. The van der Waals surface area contributed by atoms with Crippen LogP contribution in [0, 0.1) is 0 Å². The molecule has 20 heavy (non-hydrogen) atoms. The highest BCUT2D eigenvalue weighted by atomic mass is 35.5. The number of hydrogen-bond acceptors (Lipinski definition) is 4. The first-order valence-corrected chi connectivity index (χ1v) is 7.33. The van der Waals surface area contributed by atoms with Crippen molar-refractivity contribution in [2.45, 2.75) is 16.5 Å². The van der Waals surface area contributed by atoms with Crippen LogP contribution in [0.4, 0.5) is 0 Å². The van der Waals surface area contributed by atoms with E-state index in [0.29, 0.717) is 11.6 Å². The number of nitrogens with zero attached hydrogens (tertiary/aromatic N) is 2. The van der Waals surface area contributed by atoms with Gasteiger partial charge in [-0.2, -0.15) is 0 Å². The molecular formula is C15H12ClN3S. The molecule has 3 nitrogen and oxygen atoms in total. The van der Waals surface area contributed by atoms with E-state index in [1.54, 1.807) is 18.1 Å². The Bertz CT molecular complexity index is 756. The van der Waals surface area contributed by atoms with Crippen molar-refractivity contribution < 1.29 is 0 Å². The van der Waals surface area contributed by atoms with Crippen molar-refractivity contribution in [2.24, 2.45) is 5.73 Å². The lowest BCUT2D eigenvalue weighted by atomic mass is 10.2. The highest BCUT2D eigenvalue weighted by molar-refractivity contribution is 7.99. The van der Waals surface area contributed by atoms with E-state index in [1.807, 2.05) is 42.5 Å². The van der Waals surface area contributed by atoms with Crippen LogP contribution in [0.1, 0.15) is 5.56 Å². The fraction of sp³-hybridized carbons (Fsp3) is 0.0667. The summed E-state index contributed by atoms with van der Waals surface area (Å²) in [4.78, 5) is 9.66. The Morgan fingerprint density at radius 1 is 1.10 bits per heavy atom. The minimum Gasteiger partial charge on any atom is -0.326 e. The van der Waals surface area contributed by atoms with Crippen LogP contribution < -0.4 is 5.73 Å². The van der Waals surface area contributed by atoms with Crippen LogP contribution in [-0.2, 0) is 6.54 Å². The highest BCUT2D eigenvalue weighted by Gasteiger charge is 2.07. The number of aromatic nitrogens is 2. The maximum atomic E-state index is 6.19. The summed E-state index contributed by atoms with van der Waals surface area (Å²) in [5, 5.41) is 2.65. The summed E-state index contributed by atoms with van der Waals surface area (Å²) in [5.41, 5.74) is 7.50. The normalized spacial score (nSPS) is 10.9. The Morgan fingerprint density at radius 3 is 2.75 bits per heavy atom. The summed E-state index contributed by atoms with van der Waals surface area (Å²) in [7, 11) is 0. The lowest BCUT2D eigenvalue weighted by Crippen LogP contribution is -1.96. The minimum absolute atomic E-state index is 0.445. The van der Waals surface area contributed by atoms with Gasteiger partial charge in [-0.25, -0.2) is 9.97 Å². The number of para-hydroxylation sites is 1. The third-order valence-corrected chi connectivity index (χ3v) is 4.33. The highest BCUT2D eigenvalue weighted by Crippen LogP contribution is 2.33. The second-order valence-electron chi connectivity index (χ2n) is 4.26. The third kappa shape index (κ3) is 2.63. The molecule has 0 atom stereocenters. The Labute approximate surface area is 126 Å². The molecule has 0 unspecified atom stereocenters. The SMILES string of the molecule is NCc1ccc(Sc2ncnc3ccccc23)cc1Cl. The lowest BCUT2D eigenvalue weighted by Gasteiger charge is -2.06. The van der Waals surface area contributed by atoms with Crippen molar-refractivity contribution in [3.63, 3.8) is 0 Å². The molecule has 1 aromatic heterocycles. The van der Waals surface area contributed by atoms with Crippen molar-refractivity contribution in [1.82, 2.24) is 9.97 Å². The van der Waals surface area contributed by atoms with Crippen LogP contribution >= 0.6 is 23.4 Å². The summed E-state index contributed by atoms with van der Waals surface area (Å²) < 4.78 is 0. The molecule has 2 N–H and O–H groups in total. The van der Waals surface area contributed by atoms with E-state index in [9.17, 15) is 0 Å². The van der Waals surface area contributed by atoms with Gasteiger partial charge >= 0.3 is 0 Å². The van der Waals surface area contributed by atoms with Gasteiger partial charge in [-0.3, -0.25) is 0 Å². The fourth-order valence-electron chi connectivity index (χ4n) is 1.93. The maximum Gasteiger partial charge on any atom is 0.117 e. The van der Waals surface area contributed by atoms with Crippen molar-refractivity contribution >= 4 is 34.3 Å². The standard InChI is InChI=1S/C15H12ClN3S/c16-13-7-11(6-5-10(13)8-17)20-15-12-3-1-2-4-14(12)18-9-19-15/h1-7,9H,8,17H2. The molecule has 0 fully saturated rings. The molecule has 1 heterocycles. The number of hydrogen-bond donors (Lipinski definition) is 1.